The maximum atomic E-state index is 13.2. The van der Waals surface area contributed by atoms with Crippen molar-refractivity contribution in [2.45, 2.75) is 25.4 Å². The first kappa shape index (κ1) is 15.4. The van der Waals surface area contributed by atoms with Gasteiger partial charge in [-0.15, -0.1) is 0 Å². The number of sulfone groups is 1. The molecule has 1 fully saturated rings. The van der Waals surface area contributed by atoms with Crippen molar-refractivity contribution in [2.75, 3.05) is 25.1 Å². The topological polar surface area (TPSA) is 63.4 Å². The van der Waals surface area contributed by atoms with E-state index < -0.39 is 9.84 Å². The summed E-state index contributed by atoms with van der Waals surface area (Å²) < 4.78 is 36.4. The van der Waals surface area contributed by atoms with Crippen molar-refractivity contribution in [3.63, 3.8) is 0 Å². The third kappa shape index (κ3) is 3.19. The second-order valence-corrected chi connectivity index (χ2v) is 7.70. The van der Waals surface area contributed by atoms with Crippen molar-refractivity contribution in [1.29, 1.82) is 0 Å². The lowest BCUT2D eigenvalue weighted by atomic mass is 9.98. The van der Waals surface area contributed by atoms with E-state index in [1.807, 2.05) is 18.9 Å². The maximum absolute atomic E-state index is 13.2. The molecule has 0 aliphatic carbocycles. The Morgan fingerprint density at radius 3 is 2.70 bits per heavy atom. The number of halogens is 1. The summed E-state index contributed by atoms with van der Waals surface area (Å²) >= 11 is 0. The summed E-state index contributed by atoms with van der Waals surface area (Å²) in [6, 6.07) is 4.54. The minimum atomic E-state index is -2.92. The molecule has 0 bridgehead atoms. The van der Waals surface area contributed by atoms with Crippen LogP contribution < -0.4 is 5.73 Å². The van der Waals surface area contributed by atoms with Crippen LogP contribution >= 0.6 is 0 Å². The van der Waals surface area contributed by atoms with Crippen molar-refractivity contribution >= 4 is 9.84 Å². The third-order valence-electron chi connectivity index (χ3n) is 4.09. The number of rotatable bonds is 4. The Labute approximate surface area is 119 Å². The van der Waals surface area contributed by atoms with Gasteiger partial charge in [-0.1, -0.05) is 6.07 Å². The Balaban J connectivity index is 2.23. The number of likely N-dealkylation sites (N-methyl/N-ethyl adjacent to an activating group) is 1. The molecule has 4 nitrogen and oxygen atoms in total. The molecule has 1 saturated heterocycles. The fourth-order valence-corrected chi connectivity index (χ4v) is 4.66. The molecule has 0 spiro atoms. The van der Waals surface area contributed by atoms with Gasteiger partial charge in [-0.2, -0.15) is 0 Å². The van der Waals surface area contributed by atoms with E-state index in [9.17, 15) is 12.8 Å². The van der Waals surface area contributed by atoms with Crippen LogP contribution in [0.5, 0.6) is 0 Å². The maximum Gasteiger partial charge on any atom is 0.151 e. The van der Waals surface area contributed by atoms with Gasteiger partial charge < -0.3 is 5.73 Å². The quantitative estimate of drug-likeness (QED) is 0.909. The van der Waals surface area contributed by atoms with E-state index in [2.05, 4.69) is 0 Å². The lowest BCUT2D eigenvalue weighted by Gasteiger charge is -2.32. The van der Waals surface area contributed by atoms with Crippen LogP contribution in [0.3, 0.4) is 0 Å². The number of nitrogens with zero attached hydrogens (tertiary/aromatic N) is 1. The standard InChI is InChI=1S/C14H21FN2O2S/c1-10-7-11(15)3-4-13(10)14(8-16)17(2)12-5-6-20(18,19)9-12/h3-4,7,12,14H,5-6,8-9,16H2,1-2H3. The second kappa shape index (κ2) is 5.79. The van der Waals surface area contributed by atoms with Gasteiger partial charge in [-0.05, 0) is 43.7 Å². The van der Waals surface area contributed by atoms with Crippen LogP contribution in [0, 0.1) is 12.7 Å². The number of benzene rings is 1. The van der Waals surface area contributed by atoms with Gasteiger partial charge in [-0.3, -0.25) is 4.90 Å². The highest BCUT2D eigenvalue weighted by Gasteiger charge is 2.33. The molecule has 2 rings (SSSR count). The Bertz CT molecular complexity index is 589. The average molecular weight is 300 g/mol. The summed E-state index contributed by atoms with van der Waals surface area (Å²) in [5.41, 5.74) is 7.66. The van der Waals surface area contributed by atoms with Crippen molar-refractivity contribution in [1.82, 2.24) is 4.90 Å². The SMILES string of the molecule is Cc1cc(F)ccc1C(CN)N(C)C1CCS(=O)(=O)C1. The number of nitrogens with two attached hydrogens (primary N) is 1. The number of hydrogen-bond donors (Lipinski definition) is 1. The minimum absolute atomic E-state index is 0.0157. The zero-order chi connectivity index (χ0) is 14.9. The van der Waals surface area contributed by atoms with Gasteiger partial charge in [0, 0.05) is 18.6 Å². The van der Waals surface area contributed by atoms with Crippen molar-refractivity contribution in [3.05, 3.63) is 35.1 Å². The van der Waals surface area contributed by atoms with Crippen molar-refractivity contribution in [2.24, 2.45) is 5.73 Å². The molecular formula is C14H21FN2O2S. The lowest BCUT2D eigenvalue weighted by Crippen LogP contribution is -2.39. The highest BCUT2D eigenvalue weighted by molar-refractivity contribution is 7.91. The molecular weight excluding hydrogens is 279 g/mol. The van der Waals surface area contributed by atoms with Crippen LogP contribution in [-0.4, -0.2) is 44.5 Å². The highest BCUT2D eigenvalue weighted by Crippen LogP contribution is 2.28. The molecule has 1 heterocycles. The highest BCUT2D eigenvalue weighted by atomic mass is 32.2. The predicted molar refractivity (Wildman–Crippen MR) is 77.8 cm³/mol. The molecule has 2 N–H and O–H groups in total. The second-order valence-electron chi connectivity index (χ2n) is 5.47. The molecule has 1 aromatic carbocycles. The molecule has 20 heavy (non-hydrogen) atoms. The normalized spacial score (nSPS) is 23.1. The first-order valence-corrected chi connectivity index (χ1v) is 8.54. The van der Waals surface area contributed by atoms with Crippen LogP contribution in [0.15, 0.2) is 18.2 Å². The van der Waals surface area contributed by atoms with Gasteiger partial charge >= 0.3 is 0 Å². The molecule has 1 aromatic rings. The smallest absolute Gasteiger partial charge is 0.151 e. The van der Waals surface area contributed by atoms with E-state index in [1.165, 1.54) is 12.1 Å². The summed E-state index contributed by atoms with van der Waals surface area (Å²) in [7, 11) is -1.03. The number of hydrogen-bond acceptors (Lipinski definition) is 4. The van der Waals surface area contributed by atoms with Gasteiger partial charge in [-0.25, -0.2) is 12.8 Å². The molecule has 2 unspecified atom stereocenters. The van der Waals surface area contributed by atoms with E-state index in [-0.39, 0.29) is 29.4 Å². The summed E-state index contributed by atoms with van der Waals surface area (Å²) in [6.07, 6.45) is 0.634. The average Bonchev–Trinajstić information content (AvgIpc) is 2.73. The zero-order valence-corrected chi connectivity index (χ0v) is 12.7. The first-order chi connectivity index (χ1) is 9.34. The van der Waals surface area contributed by atoms with Crippen molar-refractivity contribution < 1.29 is 12.8 Å². The first-order valence-electron chi connectivity index (χ1n) is 6.72. The molecule has 6 heteroatoms. The fraction of sp³-hybridized carbons (Fsp3) is 0.571. The van der Waals surface area contributed by atoms with E-state index in [0.29, 0.717) is 13.0 Å². The predicted octanol–water partition coefficient (Wildman–Crippen LogP) is 1.25. The van der Waals surface area contributed by atoms with Gasteiger partial charge in [0.25, 0.3) is 0 Å². The lowest BCUT2D eigenvalue weighted by molar-refractivity contribution is 0.192. The van der Waals surface area contributed by atoms with Gasteiger partial charge in [0.1, 0.15) is 5.82 Å². The third-order valence-corrected chi connectivity index (χ3v) is 5.84. The van der Waals surface area contributed by atoms with E-state index >= 15 is 0 Å². The molecule has 1 aliphatic rings. The van der Waals surface area contributed by atoms with E-state index in [4.69, 9.17) is 5.73 Å². The molecule has 1 aliphatic heterocycles. The molecule has 0 aromatic heterocycles. The fourth-order valence-electron chi connectivity index (χ4n) is 2.88. The molecule has 0 amide bonds. The minimum Gasteiger partial charge on any atom is -0.329 e. The van der Waals surface area contributed by atoms with Gasteiger partial charge in [0.05, 0.1) is 11.5 Å². The Kier molecular flexibility index (Phi) is 4.46. The monoisotopic (exact) mass is 300 g/mol. The Morgan fingerprint density at radius 2 is 2.20 bits per heavy atom. The molecule has 112 valence electrons. The van der Waals surface area contributed by atoms with Gasteiger partial charge in [0.15, 0.2) is 9.84 Å². The van der Waals surface area contributed by atoms with E-state index in [1.54, 1.807) is 6.07 Å². The van der Waals surface area contributed by atoms with Crippen LogP contribution in [0.2, 0.25) is 0 Å². The summed E-state index contributed by atoms with van der Waals surface area (Å²) in [5.74, 6) is 0.148. The van der Waals surface area contributed by atoms with Crippen molar-refractivity contribution in [3.8, 4) is 0 Å². The Morgan fingerprint density at radius 1 is 1.50 bits per heavy atom. The van der Waals surface area contributed by atoms with Crippen LogP contribution in [0.4, 0.5) is 4.39 Å². The van der Waals surface area contributed by atoms with Gasteiger partial charge in [0.2, 0.25) is 0 Å². The zero-order valence-electron chi connectivity index (χ0n) is 11.8. The molecule has 0 radical (unpaired) electrons. The van der Waals surface area contributed by atoms with Crippen LogP contribution in [0.1, 0.15) is 23.6 Å². The molecule has 2 atom stereocenters. The van der Waals surface area contributed by atoms with Crippen LogP contribution in [0.25, 0.3) is 0 Å². The Hall–Kier alpha value is -0.980. The summed E-state index contributed by atoms with van der Waals surface area (Å²) in [4.78, 5) is 2.02. The van der Waals surface area contributed by atoms with Crippen LogP contribution in [-0.2, 0) is 9.84 Å². The van der Waals surface area contributed by atoms with E-state index in [0.717, 1.165) is 11.1 Å². The number of aryl methyl sites for hydroxylation is 1. The summed E-state index contributed by atoms with van der Waals surface area (Å²) in [6.45, 7) is 2.22. The molecule has 0 saturated carbocycles. The summed E-state index contributed by atoms with van der Waals surface area (Å²) in [5, 5.41) is 0. The largest absolute Gasteiger partial charge is 0.329 e.